The summed E-state index contributed by atoms with van der Waals surface area (Å²) in [6.45, 7) is 11.3. The molecule has 1 amide bonds. The summed E-state index contributed by atoms with van der Waals surface area (Å²) in [6.07, 6.45) is 3.67. The van der Waals surface area contributed by atoms with Crippen LogP contribution in [0.1, 0.15) is 67.6 Å². The highest BCUT2D eigenvalue weighted by Crippen LogP contribution is 2.60. The number of Topliss-reactive ketones (excluding diaryl/α,β-unsaturated/α-hetero) is 1. The number of nitrogens with one attached hydrogen (secondary N) is 1. The van der Waals surface area contributed by atoms with Crippen LogP contribution in [-0.2, 0) is 14.3 Å². The molecule has 14 heteroatoms. The fourth-order valence-electron chi connectivity index (χ4n) is 7.11. The number of aromatic hydroxyl groups is 3. The van der Waals surface area contributed by atoms with Crippen LogP contribution in [0.5, 0.6) is 23.0 Å². The van der Waals surface area contributed by atoms with E-state index < -0.39 is 87.4 Å². The number of ketones is 1. The van der Waals surface area contributed by atoms with Gasteiger partial charge in [-0.25, -0.2) is 0 Å². The Kier molecular flexibility index (Phi) is 11.9. The Bertz CT molecular complexity index is 1820. The number of carbonyl (C=O) groups is 2. The highest BCUT2D eigenvalue weighted by atomic mass is 32.2. The minimum atomic E-state index is -1.97. The lowest BCUT2D eigenvalue weighted by molar-refractivity contribution is -0.112. The van der Waals surface area contributed by atoms with Crippen molar-refractivity contribution in [2.45, 2.75) is 83.3 Å². The van der Waals surface area contributed by atoms with Gasteiger partial charge in [0.15, 0.2) is 5.75 Å². The maximum Gasteiger partial charge on any atom is 0.312 e. The summed E-state index contributed by atoms with van der Waals surface area (Å²) < 4.78 is 17.2. The first kappa shape index (κ1) is 39.8. The minimum absolute atomic E-state index is 0.0356. The van der Waals surface area contributed by atoms with Gasteiger partial charge in [-0.1, -0.05) is 45.9 Å². The number of fused-ring (bicyclic) bond motifs is 14. The van der Waals surface area contributed by atoms with Gasteiger partial charge in [0.05, 0.1) is 51.9 Å². The van der Waals surface area contributed by atoms with Gasteiger partial charge in [0, 0.05) is 71.3 Å². The Morgan fingerprint density at radius 3 is 2.12 bits per heavy atom. The fourth-order valence-corrected chi connectivity index (χ4v) is 10.1. The standard InChI is InChI=1S/C38H49NO11S2/c1-16-10-9-11-17(2)36(47)39-27-26(37-51-14-15-52-37)32(44)23-24(33(27)45)31(43)21(6)34-25(23)35(46)38(7,50-34)49-13-12-22(48-8)18(3)29(41)20(5)30(42)19(4)28(16)40/h9-13,16,18-20,22,28-30,37,40-45H,14-15H2,1-8H3,(H,39,47). The van der Waals surface area contributed by atoms with E-state index in [9.17, 15) is 40.2 Å². The van der Waals surface area contributed by atoms with Crippen LogP contribution in [0, 0.1) is 30.6 Å². The number of amides is 1. The number of benzene rings is 2. The molecule has 4 aliphatic heterocycles. The summed E-state index contributed by atoms with van der Waals surface area (Å²) in [4.78, 5) is 27.8. The van der Waals surface area contributed by atoms with E-state index in [0.29, 0.717) is 0 Å². The SMILES string of the molecule is COC1C=COC2(C)Oc3c(C)c(O)c4c(O)c(c(C5SCCS5)c(O)c4c3C2=O)NC(=O)C(C)=CC=CC(C)C(O)C(C)C(O)C(C)C(O)C1C. The summed E-state index contributed by atoms with van der Waals surface area (Å²) in [6, 6.07) is 0. The Morgan fingerprint density at radius 2 is 1.48 bits per heavy atom. The Labute approximate surface area is 311 Å². The molecule has 2 aromatic rings. The number of ether oxygens (including phenoxy) is 3. The summed E-state index contributed by atoms with van der Waals surface area (Å²) in [7, 11) is 1.45. The van der Waals surface area contributed by atoms with Crippen LogP contribution in [-0.4, -0.2) is 91.1 Å². The summed E-state index contributed by atoms with van der Waals surface area (Å²) in [5.74, 6) is -5.54. The third-order valence-electron chi connectivity index (χ3n) is 10.6. The van der Waals surface area contributed by atoms with E-state index in [2.05, 4.69) is 5.32 Å². The monoisotopic (exact) mass is 759 g/mol. The Balaban J connectivity index is 1.70. The molecule has 0 aliphatic carbocycles. The zero-order valence-corrected chi connectivity index (χ0v) is 32.2. The van der Waals surface area contributed by atoms with Crippen molar-refractivity contribution in [3.05, 3.63) is 52.8 Å². The molecule has 1 fully saturated rings. The number of phenols is 3. The molecular weight excluding hydrogens is 711 g/mol. The molecule has 52 heavy (non-hydrogen) atoms. The van der Waals surface area contributed by atoms with E-state index in [-0.39, 0.29) is 44.5 Å². The van der Waals surface area contributed by atoms with Crippen molar-refractivity contribution in [3.63, 3.8) is 0 Å². The van der Waals surface area contributed by atoms with Gasteiger partial charge >= 0.3 is 5.79 Å². The number of carbonyl (C=O) groups excluding carboxylic acids is 2. The van der Waals surface area contributed by atoms with Crippen molar-refractivity contribution in [2.24, 2.45) is 23.7 Å². The smallest absolute Gasteiger partial charge is 0.312 e. The van der Waals surface area contributed by atoms with Crippen molar-refractivity contribution in [1.29, 1.82) is 0 Å². The van der Waals surface area contributed by atoms with E-state index >= 15 is 0 Å². The number of rotatable bonds is 2. The first-order valence-corrected chi connectivity index (χ1v) is 19.4. The summed E-state index contributed by atoms with van der Waals surface area (Å²) in [5, 5.41) is 71.3. The summed E-state index contributed by atoms with van der Waals surface area (Å²) in [5.41, 5.74) is 0.323. The number of phenolic OH excluding ortho intramolecular Hbond substituents is 3. The molecule has 0 radical (unpaired) electrons. The number of hydrogen-bond acceptors (Lipinski definition) is 13. The van der Waals surface area contributed by atoms with Gasteiger partial charge in [0.25, 0.3) is 11.7 Å². The largest absolute Gasteiger partial charge is 0.507 e. The van der Waals surface area contributed by atoms with Crippen molar-refractivity contribution >= 4 is 51.7 Å². The fraction of sp³-hybridized carbons (Fsp3) is 0.526. The number of hydrogen-bond donors (Lipinski definition) is 7. The quantitative estimate of drug-likeness (QED) is 0.147. The first-order chi connectivity index (χ1) is 24.5. The normalized spacial score (nSPS) is 32.2. The lowest BCUT2D eigenvalue weighted by Gasteiger charge is -2.36. The molecule has 9 atom stereocenters. The van der Waals surface area contributed by atoms with Crippen molar-refractivity contribution in [2.75, 3.05) is 23.9 Å². The molecular formula is C38H49NO11S2. The molecule has 0 aromatic heterocycles. The highest BCUT2D eigenvalue weighted by molar-refractivity contribution is 8.19. The van der Waals surface area contributed by atoms with Crippen molar-refractivity contribution in [3.8, 4) is 23.0 Å². The molecule has 12 nitrogen and oxygen atoms in total. The second-order valence-electron chi connectivity index (χ2n) is 14.1. The van der Waals surface area contributed by atoms with Crippen LogP contribution < -0.4 is 10.1 Å². The van der Waals surface area contributed by atoms with Crippen LogP contribution in [0.15, 0.2) is 36.1 Å². The molecule has 5 bridgehead atoms. The van der Waals surface area contributed by atoms with E-state index in [0.717, 1.165) is 11.5 Å². The third-order valence-corrected chi connectivity index (χ3v) is 13.7. The lowest BCUT2D eigenvalue weighted by Crippen LogP contribution is -2.44. The van der Waals surface area contributed by atoms with Crippen LogP contribution in [0.3, 0.4) is 0 Å². The minimum Gasteiger partial charge on any atom is -0.507 e. The molecule has 9 unspecified atom stereocenters. The maximum atomic E-state index is 14.2. The lowest BCUT2D eigenvalue weighted by atomic mass is 9.78. The van der Waals surface area contributed by atoms with Gasteiger partial charge in [-0.15, -0.1) is 23.5 Å². The van der Waals surface area contributed by atoms with E-state index in [1.54, 1.807) is 46.8 Å². The number of thioether (sulfide) groups is 2. The van der Waals surface area contributed by atoms with Crippen LogP contribution in [0.2, 0.25) is 0 Å². The molecule has 284 valence electrons. The van der Waals surface area contributed by atoms with Gasteiger partial charge in [0.2, 0.25) is 0 Å². The summed E-state index contributed by atoms with van der Waals surface area (Å²) >= 11 is 2.99. The average Bonchev–Trinajstić information content (AvgIpc) is 3.74. The molecule has 0 saturated carbocycles. The second-order valence-corrected chi connectivity index (χ2v) is 16.8. The molecule has 4 heterocycles. The molecule has 4 aliphatic rings. The molecule has 6 rings (SSSR count). The zero-order chi connectivity index (χ0) is 38.4. The predicted molar refractivity (Wildman–Crippen MR) is 202 cm³/mol. The Hall–Kier alpha value is -3.40. The van der Waals surface area contributed by atoms with Crippen molar-refractivity contribution < 1.29 is 54.4 Å². The van der Waals surface area contributed by atoms with Crippen LogP contribution >= 0.6 is 23.5 Å². The van der Waals surface area contributed by atoms with Crippen LogP contribution in [0.25, 0.3) is 10.8 Å². The number of allylic oxidation sites excluding steroid dienone is 2. The molecule has 1 saturated heterocycles. The number of methoxy groups -OCH3 is 1. The third kappa shape index (κ3) is 7.01. The van der Waals surface area contributed by atoms with Gasteiger partial charge < -0.3 is 50.2 Å². The van der Waals surface area contributed by atoms with E-state index in [1.165, 1.54) is 62.9 Å². The number of aliphatic hydroxyl groups excluding tert-OH is 3. The zero-order valence-electron chi connectivity index (χ0n) is 30.5. The highest BCUT2D eigenvalue weighted by Gasteiger charge is 2.50. The van der Waals surface area contributed by atoms with Crippen molar-refractivity contribution in [1.82, 2.24) is 0 Å². The first-order valence-electron chi connectivity index (χ1n) is 17.3. The maximum absolute atomic E-state index is 14.2. The van der Waals surface area contributed by atoms with E-state index in [4.69, 9.17) is 14.2 Å². The number of aliphatic hydroxyl groups is 3. The van der Waals surface area contributed by atoms with Gasteiger partial charge in [-0.3, -0.25) is 9.59 Å². The molecule has 2 aromatic carbocycles. The number of anilines is 1. The predicted octanol–water partition coefficient (Wildman–Crippen LogP) is 5.66. The van der Waals surface area contributed by atoms with Gasteiger partial charge in [-0.2, -0.15) is 0 Å². The topological polar surface area (TPSA) is 195 Å². The second kappa shape index (κ2) is 15.5. The van der Waals surface area contributed by atoms with Crippen LogP contribution in [0.4, 0.5) is 5.69 Å². The Morgan fingerprint density at radius 1 is 0.865 bits per heavy atom. The average molecular weight is 760 g/mol. The molecule has 0 spiro atoms. The van der Waals surface area contributed by atoms with E-state index in [1.807, 2.05) is 0 Å². The molecule has 7 N–H and O–H groups in total. The van der Waals surface area contributed by atoms with Gasteiger partial charge in [0.1, 0.15) is 17.2 Å². The van der Waals surface area contributed by atoms with Gasteiger partial charge in [-0.05, 0) is 19.9 Å².